The lowest BCUT2D eigenvalue weighted by Gasteiger charge is -2.26. The van der Waals surface area contributed by atoms with Crippen molar-refractivity contribution in [3.8, 4) is 0 Å². The Bertz CT molecular complexity index is 894. The molecule has 2 N–H and O–H groups in total. The summed E-state index contributed by atoms with van der Waals surface area (Å²) in [5, 5.41) is 16.7. The molecule has 2 amide bonds. The Labute approximate surface area is 176 Å². The van der Waals surface area contributed by atoms with E-state index in [2.05, 4.69) is 22.8 Å². The Morgan fingerprint density at radius 2 is 1.77 bits per heavy atom. The van der Waals surface area contributed by atoms with Gasteiger partial charge in [0, 0.05) is 23.7 Å². The third-order valence-corrected chi connectivity index (χ3v) is 5.66. The minimum absolute atomic E-state index is 0.0135. The number of non-ortho nitro benzene ring substituents is 1. The third kappa shape index (κ3) is 5.65. The summed E-state index contributed by atoms with van der Waals surface area (Å²) in [4.78, 5) is 35.6. The fourth-order valence-corrected chi connectivity index (χ4v) is 3.98. The summed E-state index contributed by atoms with van der Waals surface area (Å²) in [5.41, 5.74) is 1.16. The van der Waals surface area contributed by atoms with Crippen LogP contribution in [-0.2, 0) is 11.2 Å². The van der Waals surface area contributed by atoms with Crippen molar-refractivity contribution < 1.29 is 14.5 Å². The molecule has 1 saturated carbocycles. The van der Waals surface area contributed by atoms with Gasteiger partial charge < -0.3 is 10.6 Å². The summed E-state index contributed by atoms with van der Waals surface area (Å²) in [6.45, 7) is 1.62. The van der Waals surface area contributed by atoms with E-state index in [1.54, 1.807) is 6.92 Å². The molecule has 1 aliphatic rings. The maximum atomic E-state index is 12.8. The van der Waals surface area contributed by atoms with Crippen LogP contribution in [0.1, 0.15) is 48.5 Å². The Kier molecular flexibility index (Phi) is 7.17. The predicted octanol–water partition coefficient (Wildman–Crippen LogP) is 3.63. The highest BCUT2D eigenvalue weighted by molar-refractivity contribution is 5.97. The van der Waals surface area contributed by atoms with Gasteiger partial charge in [-0.3, -0.25) is 19.7 Å². The molecule has 1 fully saturated rings. The molecule has 0 saturated heterocycles. The summed E-state index contributed by atoms with van der Waals surface area (Å²) in [6.07, 6.45) is 5.27. The first kappa shape index (κ1) is 21.5. The first-order valence-corrected chi connectivity index (χ1v) is 10.3. The molecule has 1 aliphatic carbocycles. The van der Waals surface area contributed by atoms with Crippen molar-refractivity contribution in [2.24, 2.45) is 5.92 Å². The lowest BCUT2D eigenvalue weighted by atomic mass is 9.92. The van der Waals surface area contributed by atoms with Crippen molar-refractivity contribution in [3.63, 3.8) is 0 Å². The van der Waals surface area contributed by atoms with Crippen LogP contribution in [0.4, 0.5) is 5.69 Å². The van der Waals surface area contributed by atoms with E-state index in [1.165, 1.54) is 42.7 Å². The van der Waals surface area contributed by atoms with Crippen LogP contribution in [0.25, 0.3) is 0 Å². The average molecular weight is 409 g/mol. The van der Waals surface area contributed by atoms with Crippen molar-refractivity contribution >= 4 is 17.5 Å². The predicted molar refractivity (Wildman–Crippen MR) is 114 cm³/mol. The number of rotatable bonds is 8. The molecule has 2 aromatic rings. The van der Waals surface area contributed by atoms with Crippen LogP contribution < -0.4 is 10.6 Å². The number of nitrogens with zero attached hydrogens (tertiary/aromatic N) is 1. The first-order valence-electron chi connectivity index (χ1n) is 10.3. The number of nitrogens with one attached hydrogen (secondary N) is 2. The van der Waals surface area contributed by atoms with Crippen molar-refractivity contribution in [3.05, 3.63) is 75.8 Å². The number of benzene rings is 2. The highest BCUT2D eigenvalue weighted by Crippen LogP contribution is 2.29. The van der Waals surface area contributed by atoms with Gasteiger partial charge in [0.15, 0.2) is 0 Å². The lowest BCUT2D eigenvalue weighted by Crippen LogP contribution is -2.50. The van der Waals surface area contributed by atoms with Gasteiger partial charge in [-0.25, -0.2) is 0 Å². The molecule has 0 aliphatic heterocycles. The summed E-state index contributed by atoms with van der Waals surface area (Å²) in [7, 11) is 0. The zero-order valence-electron chi connectivity index (χ0n) is 17.0. The third-order valence-electron chi connectivity index (χ3n) is 5.66. The van der Waals surface area contributed by atoms with Crippen LogP contribution in [0.2, 0.25) is 0 Å². The summed E-state index contributed by atoms with van der Waals surface area (Å²) < 4.78 is 0. The Morgan fingerprint density at radius 1 is 1.07 bits per heavy atom. The minimum atomic E-state index is -0.753. The van der Waals surface area contributed by atoms with Crippen LogP contribution in [0, 0.1) is 16.0 Å². The highest BCUT2D eigenvalue weighted by atomic mass is 16.6. The van der Waals surface area contributed by atoms with E-state index < -0.39 is 16.9 Å². The van der Waals surface area contributed by atoms with Gasteiger partial charge in [-0.15, -0.1) is 0 Å². The van der Waals surface area contributed by atoms with Gasteiger partial charge in [-0.05, 0) is 43.7 Å². The monoisotopic (exact) mass is 409 g/mol. The number of hydrogen-bond acceptors (Lipinski definition) is 4. The van der Waals surface area contributed by atoms with Crippen LogP contribution >= 0.6 is 0 Å². The maximum Gasteiger partial charge on any atom is 0.270 e. The molecule has 0 spiro atoms. The van der Waals surface area contributed by atoms with Gasteiger partial charge in [-0.1, -0.05) is 49.2 Å². The molecular formula is C23H27N3O4. The standard InChI is InChI=1S/C23H27N3O4/c1-16(24-23(28)19-12-7-13-20(15-19)26(29)30)22(27)25-21(18-10-5-6-11-18)14-17-8-3-2-4-9-17/h2-4,7-9,12-13,15-16,18,21H,5-6,10-11,14H2,1H3,(H,24,28)(H,25,27). The van der Waals surface area contributed by atoms with Crippen molar-refractivity contribution in [1.29, 1.82) is 0 Å². The second kappa shape index (κ2) is 10.0. The van der Waals surface area contributed by atoms with E-state index in [1.807, 2.05) is 18.2 Å². The largest absolute Gasteiger partial charge is 0.351 e. The fourth-order valence-electron chi connectivity index (χ4n) is 3.98. The number of amides is 2. The average Bonchev–Trinajstić information content (AvgIpc) is 3.29. The van der Waals surface area contributed by atoms with Gasteiger partial charge >= 0.3 is 0 Å². The van der Waals surface area contributed by atoms with Crippen LogP contribution in [0.3, 0.4) is 0 Å². The van der Waals surface area contributed by atoms with Gasteiger partial charge in [0.1, 0.15) is 6.04 Å². The number of nitro groups is 1. The van der Waals surface area contributed by atoms with E-state index in [0.717, 1.165) is 19.3 Å². The minimum Gasteiger partial charge on any atom is -0.351 e. The van der Waals surface area contributed by atoms with Crippen LogP contribution in [0.15, 0.2) is 54.6 Å². The normalized spacial score (nSPS) is 15.9. The quantitative estimate of drug-likeness (QED) is 0.513. The maximum absolute atomic E-state index is 12.8. The molecule has 2 unspecified atom stereocenters. The molecule has 30 heavy (non-hydrogen) atoms. The molecule has 2 aromatic carbocycles. The van der Waals surface area contributed by atoms with E-state index in [9.17, 15) is 19.7 Å². The number of carbonyl (C=O) groups excluding carboxylic acids is 2. The Morgan fingerprint density at radius 3 is 2.43 bits per heavy atom. The van der Waals surface area contributed by atoms with Crippen molar-refractivity contribution in [2.75, 3.05) is 0 Å². The zero-order valence-corrected chi connectivity index (χ0v) is 17.0. The smallest absolute Gasteiger partial charge is 0.270 e. The molecule has 0 bridgehead atoms. The second-order valence-electron chi connectivity index (χ2n) is 7.85. The number of carbonyl (C=O) groups is 2. The second-order valence-corrected chi connectivity index (χ2v) is 7.85. The molecular weight excluding hydrogens is 382 g/mol. The Hall–Kier alpha value is -3.22. The van der Waals surface area contributed by atoms with E-state index in [-0.39, 0.29) is 23.2 Å². The van der Waals surface area contributed by atoms with Gasteiger partial charge in [0.25, 0.3) is 11.6 Å². The van der Waals surface area contributed by atoms with E-state index in [0.29, 0.717) is 5.92 Å². The van der Waals surface area contributed by atoms with E-state index in [4.69, 9.17) is 0 Å². The molecule has 3 rings (SSSR count). The Balaban J connectivity index is 1.63. The SMILES string of the molecule is CC(NC(=O)c1cccc([N+](=O)[O-])c1)C(=O)NC(Cc1ccccc1)C1CCCC1. The van der Waals surface area contributed by atoms with Crippen molar-refractivity contribution in [1.82, 2.24) is 10.6 Å². The topological polar surface area (TPSA) is 101 Å². The molecule has 7 heteroatoms. The molecule has 0 radical (unpaired) electrons. The number of nitro benzene ring substituents is 1. The van der Waals surface area contributed by atoms with Crippen LogP contribution in [0.5, 0.6) is 0 Å². The first-order chi connectivity index (χ1) is 14.4. The van der Waals surface area contributed by atoms with Gasteiger partial charge in [0.05, 0.1) is 4.92 Å². The fraction of sp³-hybridized carbons (Fsp3) is 0.391. The molecule has 158 valence electrons. The van der Waals surface area contributed by atoms with Crippen LogP contribution in [-0.4, -0.2) is 28.8 Å². The lowest BCUT2D eigenvalue weighted by molar-refractivity contribution is -0.384. The van der Waals surface area contributed by atoms with Gasteiger partial charge in [0.2, 0.25) is 5.91 Å². The highest BCUT2D eigenvalue weighted by Gasteiger charge is 2.28. The molecule has 0 heterocycles. The molecule has 7 nitrogen and oxygen atoms in total. The van der Waals surface area contributed by atoms with Crippen molar-refractivity contribution in [2.45, 2.75) is 51.1 Å². The molecule has 0 aromatic heterocycles. The van der Waals surface area contributed by atoms with Gasteiger partial charge in [-0.2, -0.15) is 0 Å². The molecule has 2 atom stereocenters. The van der Waals surface area contributed by atoms with E-state index >= 15 is 0 Å². The summed E-state index contributed by atoms with van der Waals surface area (Å²) in [6, 6.07) is 14.8. The zero-order chi connectivity index (χ0) is 21.5. The number of hydrogen-bond donors (Lipinski definition) is 2. The summed E-state index contributed by atoms with van der Waals surface area (Å²) in [5.74, 6) is -0.336. The summed E-state index contributed by atoms with van der Waals surface area (Å²) >= 11 is 0.